The third kappa shape index (κ3) is 10.7. The first kappa shape index (κ1) is 29.8. The van der Waals surface area contributed by atoms with Crippen LogP contribution in [0.25, 0.3) is 0 Å². The normalized spacial score (nSPS) is 12.9. The van der Waals surface area contributed by atoms with Crippen LogP contribution in [0.4, 0.5) is 0 Å². The summed E-state index contributed by atoms with van der Waals surface area (Å²) < 4.78 is 5.20. The Morgan fingerprint density at radius 1 is 0.921 bits per heavy atom. The van der Waals surface area contributed by atoms with Gasteiger partial charge in [0.15, 0.2) is 0 Å². The van der Waals surface area contributed by atoms with Gasteiger partial charge in [-0.1, -0.05) is 42.5 Å². The molecule has 2 aromatic rings. The van der Waals surface area contributed by atoms with E-state index in [1.165, 1.54) is 19.1 Å². The minimum Gasteiger partial charge on any atom is -0.508 e. The van der Waals surface area contributed by atoms with E-state index >= 15 is 0 Å². The highest BCUT2D eigenvalue weighted by molar-refractivity contribution is 5.92. The van der Waals surface area contributed by atoms with Crippen molar-refractivity contribution in [3.05, 3.63) is 65.7 Å². The summed E-state index contributed by atoms with van der Waals surface area (Å²) in [5.41, 5.74) is 7.34. The standard InChI is InChI=1S/C26H32N4O8/c1-16(29-25(36)20(27)13-17-7-9-19(31)10-8-17)24(35)28-14-22(32)30-21(11-12-23(33)34)26(37)38-15-18-5-3-2-4-6-18/h2-10,16,20-21,31H,11-15,27H2,1H3,(H,28,35)(H,29,36)(H,30,32)(H,33,34). The molecule has 0 saturated carbocycles. The zero-order chi connectivity index (χ0) is 28.1. The zero-order valence-corrected chi connectivity index (χ0v) is 20.9. The first-order chi connectivity index (χ1) is 18.0. The first-order valence-electron chi connectivity index (χ1n) is 11.9. The van der Waals surface area contributed by atoms with Crippen molar-refractivity contribution in [2.45, 2.75) is 50.9 Å². The highest BCUT2D eigenvalue weighted by atomic mass is 16.5. The quantitative estimate of drug-likeness (QED) is 0.182. The number of ether oxygens (including phenoxy) is 1. The molecule has 3 atom stereocenters. The molecule has 204 valence electrons. The van der Waals surface area contributed by atoms with Crippen LogP contribution in [0.5, 0.6) is 5.75 Å². The van der Waals surface area contributed by atoms with E-state index in [4.69, 9.17) is 15.6 Å². The smallest absolute Gasteiger partial charge is 0.328 e. The number of esters is 1. The molecule has 0 radical (unpaired) electrons. The lowest BCUT2D eigenvalue weighted by molar-refractivity contribution is -0.149. The van der Waals surface area contributed by atoms with Gasteiger partial charge < -0.3 is 36.6 Å². The van der Waals surface area contributed by atoms with Crippen LogP contribution < -0.4 is 21.7 Å². The lowest BCUT2D eigenvalue weighted by Gasteiger charge is -2.19. The number of nitrogens with one attached hydrogen (secondary N) is 3. The Morgan fingerprint density at radius 2 is 1.58 bits per heavy atom. The molecule has 3 unspecified atom stereocenters. The highest BCUT2D eigenvalue weighted by Gasteiger charge is 2.25. The molecule has 12 nitrogen and oxygen atoms in total. The number of hydrogen-bond acceptors (Lipinski definition) is 8. The minimum absolute atomic E-state index is 0.0536. The molecule has 0 bridgehead atoms. The van der Waals surface area contributed by atoms with Gasteiger partial charge in [-0.2, -0.15) is 0 Å². The number of carbonyl (C=O) groups is 5. The van der Waals surface area contributed by atoms with Crippen molar-refractivity contribution in [1.29, 1.82) is 0 Å². The molecule has 0 aromatic heterocycles. The molecule has 12 heteroatoms. The van der Waals surface area contributed by atoms with E-state index in [1.807, 2.05) is 0 Å². The number of aliphatic carboxylic acids is 1. The van der Waals surface area contributed by atoms with Crippen LogP contribution in [0.2, 0.25) is 0 Å². The van der Waals surface area contributed by atoms with Gasteiger partial charge in [0, 0.05) is 6.42 Å². The van der Waals surface area contributed by atoms with Crippen LogP contribution in [0, 0.1) is 0 Å². The van der Waals surface area contributed by atoms with Crippen LogP contribution in [0.1, 0.15) is 30.9 Å². The number of aromatic hydroxyl groups is 1. The predicted molar refractivity (Wildman–Crippen MR) is 135 cm³/mol. The molecule has 2 rings (SSSR count). The molecule has 38 heavy (non-hydrogen) atoms. The second-order valence-corrected chi connectivity index (χ2v) is 8.57. The largest absolute Gasteiger partial charge is 0.508 e. The van der Waals surface area contributed by atoms with Gasteiger partial charge in [0.25, 0.3) is 0 Å². The van der Waals surface area contributed by atoms with Crippen molar-refractivity contribution in [2.75, 3.05) is 6.54 Å². The summed E-state index contributed by atoms with van der Waals surface area (Å²) in [6.07, 6.45) is -0.403. The summed E-state index contributed by atoms with van der Waals surface area (Å²) in [5, 5.41) is 25.5. The maximum atomic E-state index is 12.5. The molecule has 2 aromatic carbocycles. The highest BCUT2D eigenvalue weighted by Crippen LogP contribution is 2.11. The number of rotatable bonds is 14. The summed E-state index contributed by atoms with van der Waals surface area (Å²) in [7, 11) is 0. The number of hydrogen-bond donors (Lipinski definition) is 6. The van der Waals surface area contributed by atoms with E-state index in [0.29, 0.717) is 0 Å². The van der Waals surface area contributed by atoms with E-state index in [0.717, 1.165) is 11.1 Å². The van der Waals surface area contributed by atoms with Gasteiger partial charge in [0.05, 0.1) is 12.6 Å². The van der Waals surface area contributed by atoms with E-state index < -0.39 is 54.3 Å². The summed E-state index contributed by atoms with van der Waals surface area (Å²) >= 11 is 0. The van der Waals surface area contributed by atoms with E-state index in [9.17, 15) is 29.1 Å². The van der Waals surface area contributed by atoms with Gasteiger partial charge in [-0.25, -0.2) is 4.79 Å². The summed E-state index contributed by atoms with van der Waals surface area (Å²) in [5.74, 6) is -3.87. The van der Waals surface area contributed by atoms with E-state index in [1.54, 1.807) is 42.5 Å². The molecule has 0 heterocycles. The van der Waals surface area contributed by atoms with Crippen LogP contribution >= 0.6 is 0 Å². The fourth-order valence-electron chi connectivity index (χ4n) is 3.28. The summed E-state index contributed by atoms with van der Waals surface area (Å²) in [4.78, 5) is 60.5. The molecule has 0 spiro atoms. The van der Waals surface area contributed by atoms with Gasteiger partial charge in [-0.3, -0.25) is 19.2 Å². The van der Waals surface area contributed by atoms with Gasteiger partial charge in [0.2, 0.25) is 17.7 Å². The number of amides is 3. The Morgan fingerprint density at radius 3 is 2.21 bits per heavy atom. The Kier molecular flexibility index (Phi) is 11.7. The number of benzene rings is 2. The molecule has 0 fully saturated rings. The number of carboxylic acids is 1. The topological polar surface area (TPSA) is 197 Å². The molecule has 3 amide bonds. The number of phenolic OH excluding ortho intramolecular Hbond substituents is 1. The maximum Gasteiger partial charge on any atom is 0.328 e. The average Bonchev–Trinajstić information content (AvgIpc) is 2.89. The Hall–Kier alpha value is -4.45. The monoisotopic (exact) mass is 528 g/mol. The molecule has 7 N–H and O–H groups in total. The third-order valence-corrected chi connectivity index (χ3v) is 5.39. The second kappa shape index (κ2) is 15.0. The van der Waals surface area contributed by atoms with Gasteiger partial charge >= 0.3 is 11.9 Å². The molecule has 0 saturated heterocycles. The van der Waals surface area contributed by atoms with Crippen molar-refractivity contribution >= 4 is 29.7 Å². The van der Waals surface area contributed by atoms with Crippen LogP contribution in [0.3, 0.4) is 0 Å². The third-order valence-electron chi connectivity index (χ3n) is 5.39. The summed E-state index contributed by atoms with van der Waals surface area (Å²) in [6, 6.07) is 11.8. The number of carbonyl (C=O) groups excluding carboxylic acids is 4. The van der Waals surface area contributed by atoms with Crippen LogP contribution in [-0.2, 0) is 41.7 Å². The molecule has 0 aliphatic carbocycles. The molecular formula is C26H32N4O8. The number of phenols is 1. The van der Waals surface area contributed by atoms with Crippen molar-refractivity contribution in [3.63, 3.8) is 0 Å². The minimum atomic E-state index is -1.23. The Balaban J connectivity index is 1.82. The fraction of sp³-hybridized carbons (Fsp3) is 0.346. The van der Waals surface area contributed by atoms with E-state index in [2.05, 4.69) is 16.0 Å². The van der Waals surface area contributed by atoms with Gasteiger partial charge in [-0.05, 0) is 43.0 Å². The van der Waals surface area contributed by atoms with E-state index in [-0.39, 0.29) is 31.6 Å². The van der Waals surface area contributed by atoms with Crippen molar-refractivity contribution in [1.82, 2.24) is 16.0 Å². The number of nitrogens with two attached hydrogens (primary N) is 1. The summed E-state index contributed by atoms with van der Waals surface area (Å²) in [6.45, 7) is 0.838. The Bertz CT molecular complexity index is 1110. The van der Waals surface area contributed by atoms with Crippen LogP contribution in [0.15, 0.2) is 54.6 Å². The zero-order valence-electron chi connectivity index (χ0n) is 20.9. The fourth-order valence-corrected chi connectivity index (χ4v) is 3.28. The lowest BCUT2D eigenvalue weighted by atomic mass is 10.1. The second-order valence-electron chi connectivity index (χ2n) is 8.57. The average molecular weight is 529 g/mol. The predicted octanol–water partition coefficient (Wildman–Crippen LogP) is -0.0241. The number of carboxylic acid groups (broad SMARTS) is 1. The van der Waals surface area contributed by atoms with Crippen molar-refractivity contribution in [2.24, 2.45) is 5.73 Å². The van der Waals surface area contributed by atoms with Crippen molar-refractivity contribution in [3.8, 4) is 5.75 Å². The van der Waals surface area contributed by atoms with Gasteiger partial charge in [-0.15, -0.1) is 0 Å². The molecule has 0 aliphatic heterocycles. The Labute approximate surface area is 219 Å². The first-order valence-corrected chi connectivity index (χ1v) is 11.9. The lowest BCUT2D eigenvalue weighted by Crippen LogP contribution is -2.52. The molecular weight excluding hydrogens is 496 g/mol. The molecule has 0 aliphatic rings. The van der Waals surface area contributed by atoms with Crippen LogP contribution in [-0.4, -0.2) is 64.5 Å². The van der Waals surface area contributed by atoms with Gasteiger partial charge in [0.1, 0.15) is 24.4 Å². The van der Waals surface area contributed by atoms with Crippen molar-refractivity contribution < 1.29 is 38.9 Å². The SMILES string of the molecule is CC(NC(=O)C(N)Cc1ccc(O)cc1)C(=O)NCC(=O)NC(CCC(=O)O)C(=O)OCc1ccccc1. The maximum absolute atomic E-state index is 12.5.